The van der Waals surface area contributed by atoms with Crippen molar-refractivity contribution in [3.05, 3.63) is 46.3 Å². The topological polar surface area (TPSA) is 124 Å². The predicted octanol–water partition coefficient (Wildman–Crippen LogP) is 2.40. The van der Waals surface area contributed by atoms with Crippen LogP contribution in [0.4, 0.5) is 9.18 Å². The van der Waals surface area contributed by atoms with Crippen LogP contribution in [0.25, 0.3) is 10.4 Å². The maximum atomic E-state index is 13.4. The van der Waals surface area contributed by atoms with E-state index in [1.807, 2.05) is 0 Å². The molecular formula is C13H15FN4O4. The number of carbonyl (C=O) groups excluding carboxylic acids is 1. The number of rotatable bonds is 8. The van der Waals surface area contributed by atoms with Crippen molar-refractivity contribution >= 4 is 12.1 Å². The molecule has 22 heavy (non-hydrogen) atoms. The van der Waals surface area contributed by atoms with Crippen molar-refractivity contribution in [1.82, 2.24) is 5.32 Å². The molecule has 0 spiro atoms. The van der Waals surface area contributed by atoms with Crippen molar-refractivity contribution in [3.8, 4) is 0 Å². The van der Waals surface area contributed by atoms with Gasteiger partial charge in [0.15, 0.2) is 0 Å². The molecule has 0 saturated heterocycles. The van der Waals surface area contributed by atoms with Crippen LogP contribution >= 0.6 is 0 Å². The van der Waals surface area contributed by atoms with Crippen LogP contribution < -0.4 is 5.32 Å². The summed E-state index contributed by atoms with van der Waals surface area (Å²) in [6.07, 6.45) is -3.16. The zero-order valence-corrected chi connectivity index (χ0v) is 11.6. The maximum absolute atomic E-state index is 13.4. The summed E-state index contributed by atoms with van der Waals surface area (Å²) in [4.78, 5) is 24.9. The molecule has 0 bridgehead atoms. The van der Waals surface area contributed by atoms with E-state index in [9.17, 15) is 14.0 Å². The highest BCUT2D eigenvalue weighted by atomic mass is 19.1. The van der Waals surface area contributed by atoms with Gasteiger partial charge in [-0.1, -0.05) is 35.4 Å². The third-order valence-corrected chi connectivity index (χ3v) is 2.64. The van der Waals surface area contributed by atoms with Crippen LogP contribution in [0, 0.1) is 0 Å². The molecule has 0 aromatic heterocycles. The van der Waals surface area contributed by atoms with Crippen molar-refractivity contribution in [3.63, 3.8) is 0 Å². The van der Waals surface area contributed by atoms with Crippen molar-refractivity contribution in [1.29, 1.82) is 0 Å². The molecule has 0 aliphatic carbocycles. The van der Waals surface area contributed by atoms with Crippen molar-refractivity contribution in [2.24, 2.45) is 5.11 Å². The summed E-state index contributed by atoms with van der Waals surface area (Å²) >= 11 is 0. The quantitative estimate of drug-likeness (QED) is 0.434. The number of benzene rings is 1. The van der Waals surface area contributed by atoms with Crippen LogP contribution in [0.2, 0.25) is 0 Å². The van der Waals surface area contributed by atoms with Gasteiger partial charge in [0.05, 0.1) is 6.54 Å². The van der Waals surface area contributed by atoms with E-state index in [0.717, 1.165) is 5.56 Å². The summed E-state index contributed by atoms with van der Waals surface area (Å²) in [5.41, 5.74) is 8.80. The average Bonchev–Trinajstić information content (AvgIpc) is 2.51. The number of nitrogens with one attached hydrogen (secondary N) is 1. The number of carboxylic acid groups (broad SMARTS) is 1. The Balaban J connectivity index is 2.46. The highest BCUT2D eigenvalue weighted by Gasteiger charge is 2.24. The SMILES string of the molecule is [N-]=[N+]=NC[C@H](F)C[C@H](NC(=O)OCc1ccccc1)C(=O)O. The average molecular weight is 310 g/mol. The molecule has 118 valence electrons. The Bertz CT molecular complexity index is 548. The molecule has 0 aliphatic heterocycles. The number of azide groups is 1. The van der Waals surface area contributed by atoms with Gasteiger partial charge in [-0.15, -0.1) is 0 Å². The molecule has 2 atom stereocenters. The lowest BCUT2D eigenvalue weighted by atomic mass is 10.1. The maximum Gasteiger partial charge on any atom is 0.408 e. The second-order valence-corrected chi connectivity index (χ2v) is 4.34. The van der Waals surface area contributed by atoms with E-state index in [-0.39, 0.29) is 6.61 Å². The molecule has 0 aliphatic rings. The number of amides is 1. The number of hydrogen-bond donors (Lipinski definition) is 2. The molecule has 9 heteroatoms. The van der Waals surface area contributed by atoms with E-state index in [1.165, 1.54) is 0 Å². The summed E-state index contributed by atoms with van der Waals surface area (Å²) in [6.45, 7) is -0.530. The lowest BCUT2D eigenvalue weighted by Crippen LogP contribution is -2.43. The number of hydrogen-bond acceptors (Lipinski definition) is 4. The van der Waals surface area contributed by atoms with E-state index in [4.69, 9.17) is 15.4 Å². The van der Waals surface area contributed by atoms with Gasteiger partial charge < -0.3 is 15.2 Å². The Morgan fingerprint density at radius 2 is 2.09 bits per heavy atom. The van der Waals surface area contributed by atoms with E-state index < -0.39 is 37.2 Å². The van der Waals surface area contributed by atoms with E-state index in [1.54, 1.807) is 30.3 Å². The normalized spacial score (nSPS) is 12.6. The Morgan fingerprint density at radius 3 is 2.68 bits per heavy atom. The monoisotopic (exact) mass is 310 g/mol. The van der Waals surface area contributed by atoms with E-state index in [0.29, 0.717) is 0 Å². The second kappa shape index (κ2) is 9.19. The van der Waals surface area contributed by atoms with E-state index in [2.05, 4.69) is 15.3 Å². The highest BCUT2D eigenvalue weighted by molar-refractivity contribution is 5.79. The van der Waals surface area contributed by atoms with Crippen molar-refractivity contribution in [2.45, 2.75) is 25.2 Å². The third kappa shape index (κ3) is 6.58. The molecule has 1 rings (SSSR count). The fraction of sp³-hybridized carbons (Fsp3) is 0.385. The molecule has 2 N–H and O–H groups in total. The summed E-state index contributed by atoms with van der Waals surface area (Å²) in [5.74, 6) is -1.40. The number of carbonyl (C=O) groups is 2. The first kappa shape index (κ1) is 17.3. The lowest BCUT2D eigenvalue weighted by Gasteiger charge is -2.16. The number of halogens is 1. The number of aliphatic carboxylic acids is 1. The smallest absolute Gasteiger partial charge is 0.408 e. The lowest BCUT2D eigenvalue weighted by molar-refractivity contribution is -0.139. The van der Waals surface area contributed by atoms with Gasteiger partial charge in [-0.3, -0.25) is 0 Å². The zero-order valence-electron chi connectivity index (χ0n) is 11.6. The van der Waals surface area contributed by atoms with Gasteiger partial charge in [-0.25, -0.2) is 14.0 Å². The minimum atomic E-state index is -1.67. The first-order chi connectivity index (χ1) is 10.5. The van der Waals surface area contributed by atoms with Gasteiger partial charge in [0, 0.05) is 11.3 Å². The minimum absolute atomic E-state index is 0.0310. The van der Waals surface area contributed by atoms with Crippen LogP contribution in [0.3, 0.4) is 0 Å². The fourth-order valence-electron chi connectivity index (χ4n) is 1.58. The molecule has 0 saturated carbocycles. The Hall–Kier alpha value is -2.80. The molecule has 1 aromatic rings. The summed E-state index contributed by atoms with van der Waals surface area (Å²) in [7, 11) is 0. The predicted molar refractivity (Wildman–Crippen MR) is 74.7 cm³/mol. The summed E-state index contributed by atoms with van der Waals surface area (Å²) in [6, 6.07) is 7.33. The molecule has 0 unspecified atom stereocenters. The number of alkyl halides is 1. The first-order valence-electron chi connectivity index (χ1n) is 6.38. The zero-order chi connectivity index (χ0) is 16.4. The molecule has 1 amide bonds. The van der Waals surface area contributed by atoms with E-state index >= 15 is 0 Å². The van der Waals surface area contributed by atoms with Gasteiger partial charge >= 0.3 is 12.1 Å². The Labute approximate surface area is 125 Å². The van der Waals surface area contributed by atoms with Crippen molar-refractivity contribution in [2.75, 3.05) is 6.54 Å². The van der Waals surface area contributed by atoms with Crippen molar-refractivity contribution < 1.29 is 23.8 Å². The molecule has 1 aromatic carbocycles. The first-order valence-corrected chi connectivity index (χ1v) is 6.38. The molecule has 0 fully saturated rings. The van der Waals surface area contributed by atoms with Gasteiger partial charge in [-0.05, 0) is 11.1 Å². The fourth-order valence-corrected chi connectivity index (χ4v) is 1.58. The van der Waals surface area contributed by atoms with Crippen LogP contribution in [-0.2, 0) is 16.1 Å². The van der Waals surface area contributed by atoms with Gasteiger partial charge in [-0.2, -0.15) is 0 Å². The number of carboxylic acids is 1. The van der Waals surface area contributed by atoms with Gasteiger partial charge in [0.25, 0.3) is 0 Å². The Morgan fingerprint density at radius 1 is 1.41 bits per heavy atom. The molecular weight excluding hydrogens is 295 g/mol. The van der Waals surface area contributed by atoms with Crippen LogP contribution in [0.15, 0.2) is 35.4 Å². The number of alkyl carbamates (subject to hydrolysis) is 1. The summed E-state index contributed by atoms with van der Waals surface area (Å²) < 4.78 is 18.2. The molecule has 8 nitrogen and oxygen atoms in total. The van der Waals surface area contributed by atoms with Crippen LogP contribution in [0.5, 0.6) is 0 Å². The third-order valence-electron chi connectivity index (χ3n) is 2.64. The largest absolute Gasteiger partial charge is 0.480 e. The second-order valence-electron chi connectivity index (χ2n) is 4.34. The van der Waals surface area contributed by atoms with Crippen LogP contribution in [-0.4, -0.2) is 35.9 Å². The minimum Gasteiger partial charge on any atom is -0.480 e. The number of nitrogens with zero attached hydrogens (tertiary/aromatic N) is 3. The van der Waals surface area contributed by atoms with Gasteiger partial charge in [0.2, 0.25) is 0 Å². The Kier molecular flexibility index (Phi) is 7.21. The molecule has 0 radical (unpaired) electrons. The van der Waals surface area contributed by atoms with Gasteiger partial charge in [0.1, 0.15) is 18.8 Å². The number of ether oxygens (including phenoxy) is 1. The van der Waals surface area contributed by atoms with Crippen LogP contribution in [0.1, 0.15) is 12.0 Å². The standard InChI is InChI=1S/C13H15FN4O4/c14-10(7-16-18-15)6-11(12(19)20)17-13(21)22-8-9-4-2-1-3-5-9/h1-5,10-11H,6-8H2,(H,17,21)(H,19,20)/t10-,11+/m1/s1. The molecule has 0 heterocycles. The summed E-state index contributed by atoms with van der Waals surface area (Å²) in [5, 5.41) is 14.0. The highest BCUT2D eigenvalue weighted by Crippen LogP contribution is 2.06.